The summed E-state index contributed by atoms with van der Waals surface area (Å²) in [5, 5.41) is 18.6. The number of ether oxygens (including phenoxy) is 3. The molecule has 4 aliphatic rings. The first-order valence-corrected chi connectivity index (χ1v) is 18.6. The second-order valence-corrected chi connectivity index (χ2v) is 16.6. The molecule has 47 heavy (non-hydrogen) atoms. The number of nitrogens with one attached hydrogen (secondary N) is 2. The van der Waals surface area contributed by atoms with Gasteiger partial charge in [0.05, 0.1) is 40.0 Å². The van der Waals surface area contributed by atoms with Crippen LogP contribution in [0.25, 0.3) is 10.2 Å². The third-order valence-corrected chi connectivity index (χ3v) is 12.2. The van der Waals surface area contributed by atoms with E-state index in [2.05, 4.69) is 15.6 Å². The van der Waals surface area contributed by atoms with Crippen molar-refractivity contribution in [3.05, 3.63) is 53.8 Å². The number of nitrogens with zero attached hydrogens (tertiary/aromatic N) is 2. The average molecular weight is 689 g/mol. The van der Waals surface area contributed by atoms with Gasteiger partial charge >= 0.3 is 6.09 Å². The Labute approximate surface area is 277 Å². The lowest BCUT2D eigenvalue weighted by Gasteiger charge is -2.33. The SMILES string of the molecule is CC(C)CN(C[C@@H](O)[C@H](Cc1ccc(F)cc1)NC(=O)OC1CC2COC3OC1CC23)S(=O)(=O)c1ccc2nc(NC3CC3)sc2c1. The van der Waals surface area contributed by atoms with Crippen molar-refractivity contribution in [2.75, 3.05) is 25.0 Å². The predicted octanol–water partition coefficient (Wildman–Crippen LogP) is 4.50. The van der Waals surface area contributed by atoms with Gasteiger partial charge in [-0.2, -0.15) is 4.31 Å². The molecule has 2 bridgehead atoms. The van der Waals surface area contributed by atoms with Crippen LogP contribution in [0, 0.1) is 23.6 Å². The van der Waals surface area contributed by atoms with Crippen molar-refractivity contribution in [2.45, 2.75) is 87.5 Å². The zero-order valence-corrected chi connectivity index (χ0v) is 28.0. The molecular formula is C33H41FN4O7S2. The Kier molecular flexibility index (Phi) is 9.17. The fraction of sp³-hybridized carbons (Fsp3) is 0.576. The van der Waals surface area contributed by atoms with E-state index in [0.29, 0.717) is 36.1 Å². The van der Waals surface area contributed by atoms with E-state index in [-0.39, 0.29) is 48.6 Å². The van der Waals surface area contributed by atoms with Gasteiger partial charge in [0.15, 0.2) is 11.4 Å². The fourth-order valence-corrected chi connectivity index (χ4v) is 9.56. The summed E-state index contributed by atoms with van der Waals surface area (Å²) in [6, 6.07) is 10.1. The van der Waals surface area contributed by atoms with E-state index >= 15 is 0 Å². The monoisotopic (exact) mass is 688 g/mol. The van der Waals surface area contributed by atoms with Crippen molar-refractivity contribution < 1.29 is 36.9 Å². The number of hydrogen-bond acceptors (Lipinski definition) is 10. The Hall–Kier alpha value is -2.88. The largest absolute Gasteiger partial charge is 0.443 e. The molecule has 254 valence electrons. The van der Waals surface area contributed by atoms with Crippen molar-refractivity contribution in [2.24, 2.45) is 17.8 Å². The molecule has 14 heteroatoms. The van der Waals surface area contributed by atoms with Crippen LogP contribution in [0.4, 0.5) is 14.3 Å². The van der Waals surface area contributed by atoms with Crippen molar-refractivity contribution in [3.63, 3.8) is 0 Å². The predicted molar refractivity (Wildman–Crippen MR) is 174 cm³/mol. The Balaban J connectivity index is 1.09. The zero-order valence-electron chi connectivity index (χ0n) is 26.4. The van der Waals surface area contributed by atoms with E-state index in [1.165, 1.54) is 27.8 Å². The molecule has 0 radical (unpaired) electrons. The molecule has 4 fully saturated rings. The van der Waals surface area contributed by atoms with Crippen LogP contribution in [0.1, 0.15) is 45.1 Å². The number of aliphatic hydroxyl groups excluding tert-OH is 1. The van der Waals surface area contributed by atoms with Crippen LogP contribution in [0.15, 0.2) is 47.4 Å². The van der Waals surface area contributed by atoms with Gasteiger partial charge in [-0.25, -0.2) is 22.6 Å². The molecule has 3 N–H and O–H groups in total. The highest BCUT2D eigenvalue weighted by molar-refractivity contribution is 7.89. The van der Waals surface area contributed by atoms with Crippen LogP contribution in [-0.2, 0) is 30.7 Å². The number of hydrogen-bond donors (Lipinski definition) is 3. The second-order valence-electron chi connectivity index (χ2n) is 13.6. The molecule has 2 aliphatic heterocycles. The first-order chi connectivity index (χ1) is 22.5. The number of amides is 1. The van der Waals surface area contributed by atoms with Crippen LogP contribution >= 0.6 is 11.3 Å². The van der Waals surface area contributed by atoms with Crippen molar-refractivity contribution in [1.29, 1.82) is 0 Å². The summed E-state index contributed by atoms with van der Waals surface area (Å²) in [4.78, 5) is 18.0. The number of anilines is 1. The molecular weight excluding hydrogens is 648 g/mol. The number of sulfonamides is 1. The molecule has 3 heterocycles. The Morgan fingerprint density at radius 1 is 1.17 bits per heavy atom. The number of thiazole rings is 1. The summed E-state index contributed by atoms with van der Waals surface area (Å²) < 4.78 is 61.4. The highest BCUT2D eigenvalue weighted by Gasteiger charge is 2.54. The number of alkyl carbamates (subject to hydrolysis) is 1. The Bertz CT molecular complexity index is 1700. The highest BCUT2D eigenvalue weighted by Crippen LogP contribution is 2.47. The van der Waals surface area contributed by atoms with Gasteiger partial charge < -0.3 is 30.0 Å². The van der Waals surface area contributed by atoms with Gasteiger partial charge in [0.2, 0.25) is 10.0 Å². The summed E-state index contributed by atoms with van der Waals surface area (Å²) in [6.07, 6.45) is 0.732. The van der Waals surface area contributed by atoms with Crippen LogP contribution < -0.4 is 10.6 Å². The van der Waals surface area contributed by atoms with Crippen molar-refractivity contribution in [1.82, 2.24) is 14.6 Å². The first-order valence-electron chi connectivity index (χ1n) is 16.4. The minimum absolute atomic E-state index is 0.0484. The zero-order chi connectivity index (χ0) is 32.9. The minimum Gasteiger partial charge on any atom is -0.443 e. The summed E-state index contributed by atoms with van der Waals surface area (Å²) in [5.41, 5.74) is 1.38. The van der Waals surface area contributed by atoms with E-state index in [0.717, 1.165) is 29.1 Å². The molecule has 7 rings (SSSR count). The maximum absolute atomic E-state index is 14.1. The molecule has 2 aliphatic carbocycles. The number of aliphatic hydroxyl groups is 1. The topological polar surface area (TPSA) is 139 Å². The molecule has 2 saturated carbocycles. The van der Waals surface area contributed by atoms with Gasteiger partial charge in [0.25, 0.3) is 0 Å². The number of carbonyl (C=O) groups is 1. The van der Waals surface area contributed by atoms with Gasteiger partial charge in [-0.3, -0.25) is 0 Å². The van der Waals surface area contributed by atoms with Gasteiger partial charge in [-0.1, -0.05) is 37.3 Å². The third kappa shape index (κ3) is 7.27. The van der Waals surface area contributed by atoms with E-state index in [1.54, 1.807) is 30.3 Å². The second kappa shape index (κ2) is 13.2. The van der Waals surface area contributed by atoms with E-state index in [1.807, 2.05) is 13.8 Å². The number of carbonyl (C=O) groups excluding carboxylic acids is 1. The summed E-state index contributed by atoms with van der Waals surface area (Å²) in [5.74, 6) is 0.124. The van der Waals surface area contributed by atoms with Gasteiger partial charge in [0, 0.05) is 25.0 Å². The molecule has 5 unspecified atom stereocenters. The van der Waals surface area contributed by atoms with Crippen molar-refractivity contribution in [3.8, 4) is 0 Å². The number of aromatic nitrogens is 1. The summed E-state index contributed by atoms with van der Waals surface area (Å²) >= 11 is 1.41. The molecule has 1 amide bonds. The third-order valence-electron chi connectivity index (χ3n) is 9.45. The number of fused-ring (bicyclic) bond motifs is 2. The number of halogens is 1. The molecule has 11 nitrogen and oxygen atoms in total. The van der Waals surface area contributed by atoms with E-state index in [4.69, 9.17) is 14.2 Å². The number of rotatable bonds is 13. The van der Waals surface area contributed by atoms with E-state index in [9.17, 15) is 22.7 Å². The molecule has 7 atom stereocenters. The van der Waals surface area contributed by atoms with E-state index < -0.39 is 40.2 Å². The molecule has 3 aromatic rings. The maximum atomic E-state index is 14.1. The normalized spacial score (nSPS) is 26.6. The molecule has 2 saturated heterocycles. The minimum atomic E-state index is -4.05. The first kappa shape index (κ1) is 32.7. The van der Waals surface area contributed by atoms with Gasteiger partial charge in [0.1, 0.15) is 11.9 Å². The Morgan fingerprint density at radius 3 is 2.70 bits per heavy atom. The van der Waals surface area contributed by atoms with Gasteiger partial charge in [-0.05, 0) is 79.8 Å². The van der Waals surface area contributed by atoms with Crippen molar-refractivity contribution >= 4 is 42.8 Å². The fourth-order valence-electron chi connectivity index (χ4n) is 6.86. The Morgan fingerprint density at radius 2 is 1.96 bits per heavy atom. The number of benzene rings is 2. The lowest BCUT2D eigenvalue weighted by Crippen LogP contribution is -2.52. The lowest BCUT2D eigenvalue weighted by molar-refractivity contribution is -0.147. The van der Waals surface area contributed by atoms with Crippen LogP contribution in [0.2, 0.25) is 0 Å². The quantitative estimate of drug-likeness (QED) is 0.237. The summed E-state index contributed by atoms with van der Waals surface area (Å²) in [6.45, 7) is 4.25. The lowest BCUT2D eigenvalue weighted by atomic mass is 9.80. The summed E-state index contributed by atoms with van der Waals surface area (Å²) in [7, 11) is -4.05. The highest BCUT2D eigenvalue weighted by atomic mass is 32.2. The van der Waals surface area contributed by atoms with Crippen LogP contribution in [0.5, 0.6) is 0 Å². The standard InChI is InChI=1S/C33H41FN4O7S2/c1-18(2)15-38(47(41,42)23-9-10-25-30(13-23)46-32(36-25)35-22-7-8-22)16-27(39)26(11-19-3-5-21(34)6-4-19)37-33(40)45-28-12-20-17-43-31-24(20)14-29(28)44-31/h3-6,9-10,13,18,20,22,24,26-29,31,39H,7-8,11-12,14-17H2,1-2H3,(H,35,36)(H,37,40)/t20?,24?,26-,27+,28?,29?,31?/m0/s1. The molecule has 0 spiro atoms. The van der Waals surface area contributed by atoms with Crippen LogP contribution in [-0.4, -0.2) is 85.3 Å². The van der Waals surface area contributed by atoms with Gasteiger partial charge in [-0.15, -0.1) is 0 Å². The molecule has 1 aromatic heterocycles. The molecule has 2 aromatic carbocycles. The average Bonchev–Trinajstić information content (AvgIpc) is 3.43. The smallest absolute Gasteiger partial charge is 0.407 e. The maximum Gasteiger partial charge on any atom is 0.407 e. The van der Waals surface area contributed by atoms with Crippen LogP contribution in [0.3, 0.4) is 0 Å².